The number of nitrogens with one attached hydrogen (secondary N) is 1. The van der Waals surface area contributed by atoms with Crippen LogP contribution in [0.15, 0.2) is 11.1 Å². The fraction of sp³-hybridized carbons (Fsp3) is 0.824. The van der Waals surface area contributed by atoms with E-state index in [9.17, 15) is 8.42 Å². The molecule has 0 spiro atoms. The zero-order valence-electron chi connectivity index (χ0n) is 16.1. The van der Waals surface area contributed by atoms with E-state index in [2.05, 4.69) is 14.7 Å². The molecule has 1 fully saturated rings. The zero-order chi connectivity index (χ0) is 18.7. The maximum absolute atomic E-state index is 12.8. The number of morpholine rings is 1. The number of rotatable bonds is 7. The molecule has 0 saturated carbocycles. The third kappa shape index (κ3) is 5.51. The summed E-state index contributed by atoms with van der Waals surface area (Å²) in [7, 11) is -3.57. The zero-order valence-corrected chi connectivity index (χ0v) is 16.9. The van der Waals surface area contributed by atoms with Crippen LogP contribution in [0.4, 0.5) is 0 Å². The summed E-state index contributed by atoms with van der Waals surface area (Å²) in [5.74, 6) is 0. The van der Waals surface area contributed by atoms with Crippen LogP contribution in [0.1, 0.15) is 52.8 Å². The minimum absolute atomic E-state index is 0.117. The number of nitrogens with zero attached hydrogens (tertiary/aromatic N) is 3. The third-order valence-electron chi connectivity index (χ3n) is 4.27. The van der Waals surface area contributed by atoms with Gasteiger partial charge in [0.1, 0.15) is 4.90 Å². The summed E-state index contributed by atoms with van der Waals surface area (Å²) in [5.41, 5.74) is 0.278. The highest BCUT2D eigenvalue weighted by Crippen LogP contribution is 2.28. The third-order valence-corrected chi connectivity index (χ3v) is 5.74. The average molecular weight is 373 g/mol. The van der Waals surface area contributed by atoms with Gasteiger partial charge in [0.2, 0.25) is 10.0 Å². The summed E-state index contributed by atoms with van der Waals surface area (Å²) < 4.78 is 35.4. The first-order valence-corrected chi connectivity index (χ1v) is 10.5. The van der Waals surface area contributed by atoms with Crippen molar-refractivity contribution in [2.75, 3.05) is 39.4 Å². The molecule has 0 aliphatic carbocycles. The molecule has 144 valence electrons. The van der Waals surface area contributed by atoms with E-state index < -0.39 is 10.0 Å². The molecule has 1 saturated heterocycles. The summed E-state index contributed by atoms with van der Waals surface area (Å²) >= 11 is 0. The van der Waals surface area contributed by atoms with Gasteiger partial charge in [-0.05, 0) is 26.8 Å². The standard InChI is InChI=1S/C17H32N4O3S/c1-14(2)21-13-15(16(19-21)17(3,4)5)25(22,23)18-7-6-8-20-9-11-24-12-10-20/h13-14,18H,6-12H2,1-5H3. The van der Waals surface area contributed by atoms with Crippen molar-refractivity contribution in [2.24, 2.45) is 0 Å². The Morgan fingerprint density at radius 1 is 1.28 bits per heavy atom. The molecule has 2 heterocycles. The van der Waals surface area contributed by atoms with Gasteiger partial charge in [0.05, 0.1) is 18.9 Å². The summed E-state index contributed by atoms with van der Waals surface area (Å²) in [6.45, 7) is 14.6. The predicted octanol–water partition coefficient (Wildman–Crippen LogP) is 1.76. The van der Waals surface area contributed by atoms with Gasteiger partial charge in [0.25, 0.3) is 0 Å². The van der Waals surface area contributed by atoms with E-state index in [0.29, 0.717) is 17.1 Å². The fourth-order valence-electron chi connectivity index (χ4n) is 2.77. The molecule has 0 unspecified atom stereocenters. The van der Waals surface area contributed by atoms with Gasteiger partial charge in [0, 0.05) is 37.3 Å². The highest BCUT2D eigenvalue weighted by molar-refractivity contribution is 7.89. The molecule has 2 rings (SSSR count). The Hall–Kier alpha value is -0.960. The topological polar surface area (TPSA) is 76.5 Å². The molecule has 7 nitrogen and oxygen atoms in total. The molecule has 0 atom stereocenters. The molecule has 1 aromatic heterocycles. The minimum Gasteiger partial charge on any atom is -0.379 e. The molecular weight excluding hydrogens is 340 g/mol. The van der Waals surface area contributed by atoms with Crippen LogP contribution in [0.2, 0.25) is 0 Å². The van der Waals surface area contributed by atoms with Gasteiger partial charge in [-0.25, -0.2) is 13.1 Å². The Balaban J connectivity index is 2.03. The predicted molar refractivity (Wildman–Crippen MR) is 98.4 cm³/mol. The van der Waals surface area contributed by atoms with Crippen LogP contribution in [-0.2, 0) is 20.2 Å². The largest absolute Gasteiger partial charge is 0.379 e. The second kappa shape index (κ2) is 8.16. The maximum atomic E-state index is 12.8. The van der Waals surface area contributed by atoms with E-state index in [1.54, 1.807) is 10.9 Å². The van der Waals surface area contributed by atoms with E-state index in [4.69, 9.17) is 4.74 Å². The molecule has 8 heteroatoms. The van der Waals surface area contributed by atoms with Crippen LogP contribution in [0.5, 0.6) is 0 Å². The number of aromatic nitrogens is 2. The lowest BCUT2D eigenvalue weighted by Crippen LogP contribution is -2.38. The average Bonchev–Trinajstić information content (AvgIpc) is 2.99. The van der Waals surface area contributed by atoms with Crippen LogP contribution < -0.4 is 4.72 Å². The number of hydrogen-bond donors (Lipinski definition) is 1. The summed E-state index contributed by atoms with van der Waals surface area (Å²) in [4.78, 5) is 2.59. The van der Waals surface area contributed by atoms with Gasteiger partial charge in [-0.3, -0.25) is 9.58 Å². The highest BCUT2D eigenvalue weighted by Gasteiger charge is 2.30. The monoisotopic (exact) mass is 372 g/mol. The number of sulfonamides is 1. The second-order valence-corrected chi connectivity index (χ2v) is 9.61. The molecule has 1 aromatic rings. The van der Waals surface area contributed by atoms with E-state index >= 15 is 0 Å². The van der Waals surface area contributed by atoms with Crippen LogP contribution in [-0.4, -0.2) is 62.5 Å². The molecule has 1 N–H and O–H groups in total. The van der Waals surface area contributed by atoms with Crippen LogP contribution in [0, 0.1) is 0 Å². The van der Waals surface area contributed by atoms with Crippen molar-refractivity contribution in [1.29, 1.82) is 0 Å². The SMILES string of the molecule is CC(C)n1cc(S(=O)(=O)NCCCN2CCOCC2)c(C(C)(C)C)n1. The Bertz CT molecular complexity index is 656. The molecule has 0 amide bonds. The summed E-state index contributed by atoms with van der Waals surface area (Å²) in [6, 6.07) is 0.117. The van der Waals surface area contributed by atoms with Crippen molar-refractivity contribution in [2.45, 2.75) is 57.4 Å². The van der Waals surface area contributed by atoms with E-state index in [-0.39, 0.29) is 11.5 Å². The van der Waals surface area contributed by atoms with Crippen molar-refractivity contribution in [3.8, 4) is 0 Å². The van der Waals surface area contributed by atoms with Crippen LogP contribution in [0.3, 0.4) is 0 Å². The Morgan fingerprint density at radius 2 is 1.92 bits per heavy atom. The van der Waals surface area contributed by atoms with E-state index in [1.807, 2.05) is 34.6 Å². The maximum Gasteiger partial charge on any atom is 0.243 e. The van der Waals surface area contributed by atoms with Gasteiger partial charge in [-0.1, -0.05) is 20.8 Å². The molecular formula is C17H32N4O3S. The van der Waals surface area contributed by atoms with Crippen molar-refractivity contribution in [3.63, 3.8) is 0 Å². The lowest BCUT2D eigenvalue weighted by atomic mass is 9.92. The highest BCUT2D eigenvalue weighted by atomic mass is 32.2. The summed E-state index contributed by atoms with van der Waals surface area (Å²) in [6.07, 6.45) is 2.43. The van der Waals surface area contributed by atoms with Gasteiger partial charge in [-0.15, -0.1) is 0 Å². The number of hydrogen-bond acceptors (Lipinski definition) is 5. The van der Waals surface area contributed by atoms with Crippen LogP contribution >= 0.6 is 0 Å². The molecule has 0 aromatic carbocycles. The second-order valence-electron chi connectivity index (χ2n) is 7.87. The minimum atomic E-state index is -3.57. The first-order chi connectivity index (χ1) is 11.6. The Morgan fingerprint density at radius 3 is 2.48 bits per heavy atom. The smallest absolute Gasteiger partial charge is 0.243 e. The molecule has 25 heavy (non-hydrogen) atoms. The first-order valence-electron chi connectivity index (χ1n) is 9.00. The lowest BCUT2D eigenvalue weighted by Gasteiger charge is -2.26. The van der Waals surface area contributed by atoms with Crippen molar-refractivity contribution in [3.05, 3.63) is 11.9 Å². The van der Waals surface area contributed by atoms with Crippen LogP contribution in [0.25, 0.3) is 0 Å². The molecule has 0 bridgehead atoms. The summed E-state index contributed by atoms with van der Waals surface area (Å²) in [5, 5.41) is 4.52. The van der Waals surface area contributed by atoms with Crippen molar-refractivity contribution >= 4 is 10.0 Å². The van der Waals surface area contributed by atoms with Crippen molar-refractivity contribution in [1.82, 2.24) is 19.4 Å². The Labute approximate surface area is 151 Å². The Kier molecular flexibility index (Phi) is 6.64. The van der Waals surface area contributed by atoms with Crippen molar-refractivity contribution < 1.29 is 13.2 Å². The van der Waals surface area contributed by atoms with Gasteiger partial charge in [0.15, 0.2) is 0 Å². The van der Waals surface area contributed by atoms with Gasteiger partial charge < -0.3 is 4.74 Å². The van der Waals surface area contributed by atoms with Gasteiger partial charge >= 0.3 is 0 Å². The van der Waals surface area contributed by atoms with Gasteiger partial charge in [-0.2, -0.15) is 5.10 Å². The fourth-order valence-corrected chi connectivity index (χ4v) is 4.18. The van der Waals surface area contributed by atoms with E-state index in [0.717, 1.165) is 39.3 Å². The quantitative estimate of drug-likeness (QED) is 0.738. The lowest BCUT2D eigenvalue weighted by molar-refractivity contribution is 0.0376. The molecule has 1 aliphatic rings. The number of ether oxygens (including phenoxy) is 1. The first kappa shape index (κ1) is 20.4. The van der Waals surface area contributed by atoms with E-state index in [1.165, 1.54) is 0 Å². The molecule has 0 radical (unpaired) electrons. The normalized spacial score (nSPS) is 17.4. The molecule has 1 aliphatic heterocycles.